The quantitative estimate of drug-likeness (QED) is 0.524. The van der Waals surface area contributed by atoms with E-state index < -0.39 is 52.0 Å². The van der Waals surface area contributed by atoms with Crippen LogP contribution < -0.4 is 9.62 Å². The fraction of sp³-hybridized carbons (Fsp3) is 0.545. The summed E-state index contributed by atoms with van der Waals surface area (Å²) in [5.41, 5.74) is -0.504. The molecule has 1 heterocycles. The predicted molar refractivity (Wildman–Crippen MR) is 123 cm³/mol. The zero-order valence-electron chi connectivity index (χ0n) is 19.5. The van der Waals surface area contributed by atoms with Crippen LogP contribution in [0.3, 0.4) is 0 Å². The fourth-order valence-electron chi connectivity index (χ4n) is 3.08. The second kappa shape index (κ2) is 9.38. The van der Waals surface area contributed by atoms with Gasteiger partial charge in [0.2, 0.25) is 0 Å². The lowest BCUT2D eigenvalue weighted by Gasteiger charge is -2.26. The van der Waals surface area contributed by atoms with Crippen LogP contribution in [0, 0.1) is 0 Å². The van der Waals surface area contributed by atoms with Gasteiger partial charge in [0.15, 0.2) is 0 Å². The molecule has 2 atom stereocenters. The van der Waals surface area contributed by atoms with Gasteiger partial charge in [0.1, 0.15) is 11.6 Å². The van der Waals surface area contributed by atoms with Gasteiger partial charge in [-0.05, 0) is 73.1 Å². The van der Waals surface area contributed by atoms with E-state index in [1.165, 1.54) is 25.1 Å². The monoisotopic (exact) mass is 508 g/mol. The molecule has 0 spiro atoms. The SMILES string of the molecule is C/C(C[C@H](N[S@@](=O)C(C)(C)C)C(F)(F)F)=C1/C(=O)N(C(=O)OC(C)(C)C)c2ccc(Cl)cc21. The molecular formula is C22H28ClF3N2O4S. The minimum absolute atomic E-state index is 0.0651. The van der Waals surface area contributed by atoms with Crippen LogP contribution in [0.15, 0.2) is 23.8 Å². The number of carbonyl (C=O) groups is 2. The van der Waals surface area contributed by atoms with E-state index in [1.807, 2.05) is 0 Å². The number of hydrogen-bond acceptors (Lipinski definition) is 4. The molecule has 2 rings (SSSR count). The second-order valence-corrected chi connectivity index (χ2v) is 12.2. The molecule has 0 saturated heterocycles. The van der Waals surface area contributed by atoms with Crippen LogP contribution in [0.25, 0.3) is 5.57 Å². The Morgan fingerprint density at radius 1 is 1.18 bits per heavy atom. The highest BCUT2D eigenvalue weighted by atomic mass is 35.5. The molecule has 1 aromatic carbocycles. The Hall–Kier alpha value is -1.91. The van der Waals surface area contributed by atoms with Gasteiger partial charge in [-0.2, -0.15) is 13.2 Å². The Balaban J connectivity index is 2.53. The number of rotatable bonds is 4. The molecule has 33 heavy (non-hydrogen) atoms. The largest absolute Gasteiger partial charge is 0.443 e. The maximum absolute atomic E-state index is 13.8. The molecule has 1 aliphatic rings. The van der Waals surface area contributed by atoms with Crippen molar-refractivity contribution in [2.75, 3.05) is 4.90 Å². The number of anilines is 1. The van der Waals surface area contributed by atoms with Gasteiger partial charge < -0.3 is 4.74 Å². The highest BCUT2D eigenvalue weighted by Gasteiger charge is 2.44. The average molecular weight is 509 g/mol. The molecule has 1 N–H and O–H groups in total. The topological polar surface area (TPSA) is 75.7 Å². The number of nitrogens with one attached hydrogen (secondary N) is 1. The van der Waals surface area contributed by atoms with E-state index in [-0.39, 0.29) is 27.4 Å². The van der Waals surface area contributed by atoms with Crippen LogP contribution in [-0.4, -0.2) is 38.8 Å². The maximum Gasteiger partial charge on any atom is 0.422 e. The molecule has 184 valence electrons. The van der Waals surface area contributed by atoms with Crippen molar-refractivity contribution < 1.29 is 31.7 Å². The number of hydrogen-bond donors (Lipinski definition) is 1. The zero-order chi connectivity index (χ0) is 25.5. The summed E-state index contributed by atoms with van der Waals surface area (Å²) in [5.74, 6) is -0.808. The molecule has 0 fully saturated rings. The lowest BCUT2D eigenvalue weighted by molar-refractivity contribution is -0.150. The summed E-state index contributed by atoms with van der Waals surface area (Å²) in [4.78, 5) is 26.7. The van der Waals surface area contributed by atoms with Crippen molar-refractivity contribution in [2.45, 2.75) is 77.5 Å². The minimum Gasteiger partial charge on any atom is -0.443 e. The third-order valence-electron chi connectivity index (χ3n) is 4.60. The Morgan fingerprint density at radius 2 is 1.76 bits per heavy atom. The standard InChI is InChI=1S/C22H28ClF3N2O4S/c1-12(10-16(22(24,25)26)27-33(31)21(5,6)7)17-14-11-13(23)8-9-15(14)28(18(17)29)19(30)32-20(2,3)4/h8-9,11,16,27H,10H2,1-7H3/b17-12-/t16-,33-/m0/s1. The van der Waals surface area contributed by atoms with E-state index in [9.17, 15) is 27.0 Å². The average Bonchev–Trinajstić information content (AvgIpc) is 2.88. The zero-order valence-corrected chi connectivity index (χ0v) is 21.1. The molecule has 0 radical (unpaired) electrons. The maximum atomic E-state index is 13.8. The molecule has 1 aliphatic heterocycles. The number of alkyl halides is 3. The molecule has 1 aromatic rings. The second-order valence-electron chi connectivity index (χ2n) is 9.73. The summed E-state index contributed by atoms with van der Waals surface area (Å²) in [6.45, 7) is 10.9. The van der Waals surface area contributed by atoms with Crippen LogP contribution in [0.4, 0.5) is 23.7 Å². The minimum atomic E-state index is -4.73. The van der Waals surface area contributed by atoms with Crippen molar-refractivity contribution >= 4 is 45.8 Å². The highest BCUT2D eigenvalue weighted by molar-refractivity contribution is 7.84. The predicted octanol–water partition coefficient (Wildman–Crippen LogP) is 5.77. The lowest BCUT2D eigenvalue weighted by atomic mass is 9.97. The molecule has 0 saturated carbocycles. The van der Waals surface area contributed by atoms with Crippen LogP contribution in [0.2, 0.25) is 5.02 Å². The summed E-state index contributed by atoms with van der Waals surface area (Å²) < 4.78 is 60.1. The van der Waals surface area contributed by atoms with Gasteiger partial charge in [0.05, 0.1) is 21.4 Å². The molecule has 0 unspecified atom stereocenters. The van der Waals surface area contributed by atoms with Gasteiger partial charge >= 0.3 is 12.3 Å². The molecule has 0 aromatic heterocycles. The number of imide groups is 1. The van der Waals surface area contributed by atoms with E-state index >= 15 is 0 Å². The Morgan fingerprint density at radius 3 is 2.24 bits per heavy atom. The number of ether oxygens (including phenoxy) is 1. The first-order valence-corrected chi connectivity index (χ1v) is 11.7. The summed E-state index contributed by atoms with van der Waals surface area (Å²) in [7, 11) is -2.00. The smallest absolute Gasteiger partial charge is 0.422 e. The molecule has 11 heteroatoms. The van der Waals surface area contributed by atoms with Crippen LogP contribution in [-0.2, 0) is 20.5 Å². The van der Waals surface area contributed by atoms with Crippen molar-refractivity contribution in [3.8, 4) is 0 Å². The number of benzene rings is 1. The van der Waals surface area contributed by atoms with E-state index in [0.717, 1.165) is 4.90 Å². The van der Waals surface area contributed by atoms with Crippen molar-refractivity contribution in [3.63, 3.8) is 0 Å². The highest BCUT2D eigenvalue weighted by Crippen LogP contribution is 2.42. The van der Waals surface area contributed by atoms with Crippen LogP contribution in [0.1, 0.15) is 60.5 Å². The number of nitrogens with zero attached hydrogens (tertiary/aromatic N) is 1. The lowest BCUT2D eigenvalue weighted by Crippen LogP contribution is -2.47. The normalized spacial score (nSPS) is 18.2. The summed E-state index contributed by atoms with van der Waals surface area (Å²) in [6, 6.07) is 2.15. The molecule has 0 bridgehead atoms. The molecule has 6 nitrogen and oxygen atoms in total. The Bertz CT molecular complexity index is 1010. The summed E-state index contributed by atoms with van der Waals surface area (Å²) in [5, 5.41) is 0.247. The van der Waals surface area contributed by atoms with Gasteiger partial charge in [0.25, 0.3) is 5.91 Å². The molecule has 0 aliphatic carbocycles. The third-order valence-corrected chi connectivity index (χ3v) is 6.45. The van der Waals surface area contributed by atoms with Gasteiger partial charge in [-0.25, -0.2) is 18.6 Å². The van der Waals surface area contributed by atoms with E-state index in [2.05, 4.69) is 4.72 Å². The van der Waals surface area contributed by atoms with Crippen LogP contribution in [0.5, 0.6) is 0 Å². The third kappa shape index (κ3) is 6.58. The van der Waals surface area contributed by atoms with E-state index in [4.69, 9.17) is 16.3 Å². The van der Waals surface area contributed by atoms with Crippen molar-refractivity contribution in [1.29, 1.82) is 0 Å². The first kappa shape index (κ1) is 27.3. The van der Waals surface area contributed by atoms with Gasteiger partial charge in [-0.3, -0.25) is 4.79 Å². The van der Waals surface area contributed by atoms with Gasteiger partial charge in [-0.1, -0.05) is 17.2 Å². The van der Waals surface area contributed by atoms with Gasteiger partial charge in [0, 0.05) is 16.2 Å². The van der Waals surface area contributed by atoms with Crippen molar-refractivity contribution in [1.82, 2.24) is 4.72 Å². The fourth-order valence-corrected chi connectivity index (χ4v) is 4.08. The Labute approximate surface area is 199 Å². The number of fused-ring (bicyclic) bond motifs is 1. The van der Waals surface area contributed by atoms with E-state index in [0.29, 0.717) is 0 Å². The summed E-state index contributed by atoms with van der Waals surface area (Å²) in [6.07, 6.45) is -6.33. The number of halogens is 4. The summed E-state index contributed by atoms with van der Waals surface area (Å²) >= 11 is 6.07. The number of carbonyl (C=O) groups excluding carboxylic acids is 2. The number of amides is 2. The van der Waals surface area contributed by atoms with Crippen molar-refractivity contribution in [3.05, 3.63) is 34.4 Å². The first-order valence-electron chi connectivity index (χ1n) is 10.1. The Kier molecular flexibility index (Phi) is 7.77. The van der Waals surface area contributed by atoms with Crippen molar-refractivity contribution in [2.24, 2.45) is 0 Å². The van der Waals surface area contributed by atoms with Crippen LogP contribution >= 0.6 is 11.6 Å². The van der Waals surface area contributed by atoms with E-state index in [1.54, 1.807) is 41.5 Å². The molecule has 2 amide bonds. The van der Waals surface area contributed by atoms with Gasteiger partial charge in [-0.15, -0.1) is 0 Å². The first-order chi connectivity index (χ1) is 14.8. The molecular weight excluding hydrogens is 481 g/mol.